The number of hydrogen-bond acceptors (Lipinski definition) is 5. The molecule has 1 heterocycles. The molecule has 0 spiro atoms. The number of piperidine rings is 1. The number of nitrogens with zero attached hydrogens (tertiary/aromatic N) is 1. The van der Waals surface area contributed by atoms with Crippen molar-refractivity contribution in [3.63, 3.8) is 0 Å². The van der Waals surface area contributed by atoms with Crippen molar-refractivity contribution in [1.82, 2.24) is 4.90 Å². The fraction of sp³-hybridized carbons (Fsp3) is 0.435. The Kier molecular flexibility index (Phi) is 7.50. The normalized spacial score (nSPS) is 20.0. The van der Waals surface area contributed by atoms with Crippen LogP contribution in [0.15, 0.2) is 59.5 Å². The summed E-state index contributed by atoms with van der Waals surface area (Å²) in [6.45, 7) is 3.60. The van der Waals surface area contributed by atoms with Crippen molar-refractivity contribution in [3.05, 3.63) is 60.2 Å². The van der Waals surface area contributed by atoms with E-state index in [0.29, 0.717) is 31.9 Å². The number of hydrogen-bond donors (Lipinski definition) is 1. The van der Waals surface area contributed by atoms with E-state index in [-0.39, 0.29) is 11.3 Å². The Balaban J connectivity index is 1.70. The molecule has 1 N–H and O–H groups in total. The van der Waals surface area contributed by atoms with Gasteiger partial charge in [0.05, 0.1) is 16.8 Å². The quantitative estimate of drug-likeness (QED) is 0.609. The summed E-state index contributed by atoms with van der Waals surface area (Å²) < 4.78 is 31.9. The van der Waals surface area contributed by atoms with Crippen LogP contribution >= 0.6 is 0 Å². The molecule has 6 nitrogen and oxygen atoms in total. The van der Waals surface area contributed by atoms with Crippen LogP contribution in [0.4, 0.5) is 0 Å². The molecule has 0 aromatic heterocycles. The summed E-state index contributed by atoms with van der Waals surface area (Å²) in [7, 11) is -3.61. The number of unbranched alkanes of at least 4 members (excludes halogenated alkanes) is 1. The molecule has 0 radical (unpaired) electrons. The zero-order chi connectivity index (χ0) is 21.6. The number of carboxylic acids is 1. The summed E-state index contributed by atoms with van der Waals surface area (Å²) in [6.07, 6.45) is 2.46. The standard InChI is InChI=1S/C23H29NO5S/c1-2-3-15-29-19-9-11-20(12-10-19)30(27,28)21-13-14-24(22(16-21)23(25)26)17-18-7-5-4-6-8-18/h4-12,21-22H,2-3,13-17H2,1H3,(H,25,26). The minimum atomic E-state index is -3.61. The second kappa shape index (κ2) is 10.1. The molecule has 1 fully saturated rings. The average molecular weight is 432 g/mol. The van der Waals surface area contributed by atoms with Crippen molar-refractivity contribution in [2.75, 3.05) is 13.2 Å². The van der Waals surface area contributed by atoms with E-state index >= 15 is 0 Å². The molecule has 1 aliphatic heterocycles. The Hall–Kier alpha value is -2.38. The third kappa shape index (κ3) is 5.40. The summed E-state index contributed by atoms with van der Waals surface area (Å²) in [5, 5.41) is 9.02. The first-order valence-corrected chi connectivity index (χ1v) is 11.9. The first-order valence-electron chi connectivity index (χ1n) is 10.4. The van der Waals surface area contributed by atoms with Gasteiger partial charge in [-0.25, -0.2) is 8.42 Å². The van der Waals surface area contributed by atoms with Gasteiger partial charge in [-0.15, -0.1) is 0 Å². The molecule has 2 aromatic rings. The highest BCUT2D eigenvalue weighted by molar-refractivity contribution is 7.92. The molecule has 162 valence electrons. The number of likely N-dealkylation sites (tertiary alicyclic amines) is 1. The Morgan fingerprint density at radius 1 is 1.13 bits per heavy atom. The van der Waals surface area contributed by atoms with Crippen LogP contribution in [0.3, 0.4) is 0 Å². The Morgan fingerprint density at radius 3 is 2.47 bits per heavy atom. The maximum absolute atomic E-state index is 13.1. The lowest BCUT2D eigenvalue weighted by Gasteiger charge is -2.36. The largest absolute Gasteiger partial charge is 0.494 e. The number of rotatable bonds is 9. The van der Waals surface area contributed by atoms with Gasteiger partial charge in [0.15, 0.2) is 9.84 Å². The maximum atomic E-state index is 13.1. The fourth-order valence-electron chi connectivity index (χ4n) is 3.78. The van der Waals surface area contributed by atoms with Crippen LogP contribution in [-0.4, -0.2) is 48.8 Å². The van der Waals surface area contributed by atoms with Crippen molar-refractivity contribution in [2.45, 2.75) is 55.3 Å². The SMILES string of the molecule is CCCCOc1ccc(S(=O)(=O)C2CCN(Cc3ccccc3)C(C(=O)O)C2)cc1. The average Bonchev–Trinajstić information content (AvgIpc) is 2.75. The number of aliphatic carboxylic acids is 1. The lowest BCUT2D eigenvalue weighted by Crippen LogP contribution is -2.49. The summed E-state index contributed by atoms with van der Waals surface area (Å²) in [5.41, 5.74) is 1.02. The van der Waals surface area contributed by atoms with Gasteiger partial charge in [0, 0.05) is 13.1 Å². The van der Waals surface area contributed by atoms with E-state index in [2.05, 4.69) is 6.92 Å². The van der Waals surface area contributed by atoms with E-state index in [4.69, 9.17) is 4.74 Å². The molecule has 3 rings (SSSR count). The predicted molar refractivity (Wildman–Crippen MR) is 115 cm³/mol. The minimum absolute atomic E-state index is 0.0826. The van der Waals surface area contributed by atoms with Crippen LogP contribution in [0.1, 0.15) is 38.2 Å². The van der Waals surface area contributed by atoms with E-state index in [1.807, 2.05) is 35.2 Å². The Labute approximate surface area is 178 Å². The lowest BCUT2D eigenvalue weighted by molar-refractivity contribution is -0.144. The molecular formula is C23H29NO5S. The van der Waals surface area contributed by atoms with Crippen LogP contribution in [0.2, 0.25) is 0 Å². The number of carboxylic acid groups (broad SMARTS) is 1. The summed E-state index contributed by atoms with van der Waals surface area (Å²) >= 11 is 0. The zero-order valence-corrected chi connectivity index (χ0v) is 18.1. The van der Waals surface area contributed by atoms with E-state index < -0.39 is 27.1 Å². The summed E-state index contributed by atoms with van der Waals surface area (Å²) in [4.78, 5) is 14.0. The van der Waals surface area contributed by atoms with Gasteiger partial charge in [0.25, 0.3) is 0 Å². The lowest BCUT2D eigenvalue weighted by atomic mass is 10.0. The number of carbonyl (C=O) groups is 1. The van der Waals surface area contributed by atoms with Crippen LogP contribution in [0.5, 0.6) is 5.75 Å². The van der Waals surface area contributed by atoms with Crippen LogP contribution < -0.4 is 4.74 Å². The molecular weight excluding hydrogens is 402 g/mol. The van der Waals surface area contributed by atoms with Gasteiger partial charge < -0.3 is 9.84 Å². The molecule has 0 aliphatic carbocycles. The zero-order valence-electron chi connectivity index (χ0n) is 17.2. The highest BCUT2D eigenvalue weighted by atomic mass is 32.2. The maximum Gasteiger partial charge on any atom is 0.320 e. The van der Waals surface area contributed by atoms with Crippen LogP contribution in [0, 0.1) is 0 Å². The van der Waals surface area contributed by atoms with Crippen LogP contribution in [0.25, 0.3) is 0 Å². The highest BCUT2D eigenvalue weighted by Crippen LogP contribution is 2.30. The molecule has 1 aliphatic rings. The van der Waals surface area contributed by atoms with Gasteiger partial charge in [0.2, 0.25) is 0 Å². The minimum Gasteiger partial charge on any atom is -0.494 e. The molecule has 0 amide bonds. The van der Waals surface area contributed by atoms with E-state index in [9.17, 15) is 18.3 Å². The van der Waals surface area contributed by atoms with Gasteiger partial charge in [0.1, 0.15) is 11.8 Å². The second-order valence-corrected chi connectivity index (χ2v) is 9.90. The molecule has 2 atom stereocenters. The van der Waals surface area contributed by atoms with Gasteiger partial charge >= 0.3 is 5.97 Å². The van der Waals surface area contributed by atoms with Gasteiger partial charge in [-0.1, -0.05) is 43.7 Å². The van der Waals surface area contributed by atoms with Gasteiger partial charge in [-0.05, 0) is 49.1 Å². The summed E-state index contributed by atoms with van der Waals surface area (Å²) in [6, 6.07) is 15.3. The van der Waals surface area contributed by atoms with Crippen molar-refractivity contribution < 1.29 is 23.1 Å². The van der Waals surface area contributed by atoms with Gasteiger partial charge in [-0.3, -0.25) is 9.69 Å². The van der Waals surface area contributed by atoms with E-state index in [1.165, 1.54) is 0 Å². The first-order chi connectivity index (χ1) is 14.4. The molecule has 1 saturated heterocycles. The van der Waals surface area contributed by atoms with Crippen molar-refractivity contribution in [3.8, 4) is 5.75 Å². The van der Waals surface area contributed by atoms with Crippen molar-refractivity contribution >= 4 is 15.8 Å². The summed E-state index contributed by atoms with van der Waals surface area (Å²) in [5.74, 6) is -0.339. The molecule has 0 saturated carbocycles. The van der Waals surface area contributed by atoms with Gasteiger partial charge in [-0.2, -0.15) is 0 Å². The highest BCUT2D eigenvalue weighted by Gasteiger charge is 2.39. The van der Waals surface area contributed by atoms with E-state index in [0.717, 1.165) is 18.4 Å². The first kappa shape index (κ1) is 22.3. The Morgan fingerprint density at radius 2 is 1.83 bits per heavy atom. The third-order valence-corrected chi connectivity index (χ3v) is 7.77. The fourth-order valence-corrected chi connectivity index (χ4v) is 5.53. The van der Waals surface area contributed by atoms with E-state index in [1.54, 1.807) is 24.3 Å². The van der Waals surface area contributed by atoms with Crippen molar-refractivity contribution in [1.29, 1.82) is 0 Å². The Bertz CT molecular complexity index is 928. The number of benzene rings is 2. The predicted octanol–water partition coefficient (Wildman–Crippen LogP) is 3.76. The number of sulfone groups is 1. The van der Waals surface area contributed by atoms with Crippen molar-refractivity contribution in [2.24, 2.45) is 0 Å². The topological polar surface area (TPSA) is 83.9 Å². The van der Waals surface area contributed by atoms with Crippen LogP contribution in [-0.2, 0) is 21.2 Å². The third-order valence-electron chi connectivity index (χ3n) is 5.54. The number of ether oxygens (including phenoxy) is 1. The molecule has 7 heteroatoms. The monoisotopic (exact) mass is 431 g/mol. The molecule has 2 unspecified atom stereocenters. The molecule has 0 bridgehead atoms. The second-order valence-electron chi connectivity index (χ2n) is 7.67. The molecule has 30 heavy (non-hydrogen) atoms. The molecule has 2 aromatic carbocycles. The smallest absolute Gasteiger partial charge is 0.320 e.